The van der Waals surface area contributed by atoms with Gasteiger partial charge >= 0.3 is 6.01 Å². The fourth-order valence-corrected chi connectivity index (χ4v) is 4.76. The van der Waals surface area contributed by atoms with Crippen LogP contribution in [0.5, 0.6) is 6.01 Å². The van der Waals surface area contributed by atoms with Crippen LogP contribution >= 0.6 is 23.2 Å². The Kier molecular flexibility index (Phi) is 8.67. The Morgan fingerprint density at radius 3 is 2.60 bits per heavy atom. The number of methoxy groups -OCH3 is 2. The Labute approximate surface area is 215 Å². The van der Waals surface area contributed by atoms with E-state index < -0.39 is 0 Å². The number of rotatable bonds is 7. The molecule has 2 unspecified atom stereocenters. The maximum absolute atomic E-state index is 13.4. The fraction of sp³-hybridized carbons (Fsp3) is 0.542. The molecule has 1 aromatic carbocycles. The van der Waals surface area contributed by atoms with Crippen molar-refractivity contribution in [1.82, 2.24) is 20.2 Å². The molecule has 2 aliphatic rings. The average Bonchev–Trinajstić information content (AvgIpc) is 2.88. The van der Waals surface area contributed by atoms with E-state index in [0.29, 0.717) is 58.5 Å². The Hall–Kier alpha value is -2.17. The summed E-state index contributed by atoms with van der Waals surface area (Å²) in [4.78, 5) is 24.1. The molecule has 2 N–H and O–H groups in total. The predicted octanol–water partition coefficient (Wildman–Crippen LogP) is 3.84. The highest BCUT2D eigenvalue weighted by Crippen LogP contribution is 2.29. The number of nitrogens with zero attached hydrogens (tertiary/aromatic N) is 3. The van der Waals surface area contributed by atoms with Gasteiger partial charge in [0.25, 0.3) is 5.91 Å². The molecule has 2 saturated heterocycles. The Balaban J connectivity index is 1.44. The molecule has 1 aromatic heterocycles. The smallest absolute Gasteiger partial charge is 0.318 e. The normalized spacial score (nSPS) is 21.1. The van der Waals surface area contributed by atoms with Crippen LogP contribution in [0.4, 0.5) is 11.5 Å². The molecular formula is C24H31Cl2N5O4. The minimum Gasteiger partial charge on any atom is -0.467 e. The molecule has 35 heavy (non-hydrogen) atoms. The number of anilines is 2. The molecule has 0 saturated carbocycles. The summed E-state index contributed by atoms with van der Waals surface area (Å²) in [6.07, 6.45) is 2.69. The summed E-state index contributed by atoms with van der Waals surface area (Å²) in [5, 5.41) is 7.79. The van der Waals surface area contributed by atoms with Crippen LogP contribution in [0.15, 0.2) is 18.2 Å². The maximum atomic E-state index is 13.4. The highest BCUT2D eigenvalue weighted by Gasteiger charge is 2.31. The number of hydrogen-bond donors (Lipinski definition) is 2. The number of benzene rings is 1. The lowest BCUT2D eigenvalue weighted by atomic mass is 9.99. The van der Waals surface area contributed by atoms with Gasteiger partial charge in [-0.1, -0.05) is 23.2 Å². The van der Waals surface area contributed by atoms with Crippen LogP contribution in [-0.2, 0) is 9.47 Å². The van der Waals surface area contributed by atoms with Crippen LogP contribution in [-0.4, -0.2) is 79.5 Å². The van der Waals surface area contributed by atoms with Gasteiger partial charge in [0, 0.05) is 50.1 Å². The Morgan fingerprint density at radius 2 is 1.91 bits per heavy atom. The lowest BCUT2D eigenvalue weighted by Crippen LogP contribution is -2.54. The summed E-state index contributed by atoms with van der Waals surface area (Å²) in [6.45, 7) is 4.44. The quantitative estimate of drug-likeness (QED) is 0.564. The van der Waals surface area contributed by atoms with E-state index in [4.69, 9.17) is 37.4 Å². The van der Waals surface area contributed by atoms with E-state index in [9.17, 15) is 4.79 Å². The third-order valence-electron chi connectivity index (χ3n) is 6.53. The minimum absolute atomic E-state index is 0.0565. The lowest BCUT2D eigenvalue weighted by molar-refractivity contribution is -0.0533. The highest BCUT2D eigenvalue weighted by atomic mass is 35.5. The summed E-state index contributed by atoms with van der Waals surface area (Å²) in [5.41, 5.74) is 1.64. The first kappa shape index (κ1) is 25.9. The van der Waals surface area contributed by atoms with Gasteiger partial charge in [0.2, 0.25) is 0 Å². The van der Waals surface area contributed by atoms with Gasteiger partial charge in [0.15, 0.2) is 0 Å². The number of halogens is 2. The zero-order valence-electron chi connectivity index (χ0n) is 20.1. The summed E-state index contributed by atoms with van der Waals surface area (Å²) >= 11 is 12.2. The second-order valence-corrected chi connectivity index (χ2v) is 9.58. The van der Waals surface area contributed by atoms with Crippen molar-refractivity contribution < 1.29 is 19.0 Å². The number of nitrogens with one attached hydrogen (secondary N) is 2. The zero-order chi connectivity index (χ0) is 24.9. The molecule has 190 valence electrons. The third-order valence-corrected chi connectivity index (χ3v) is 7.27. The van der Waals surface area contributed by atoms with E-state index in [1.54, 1.807) is 25.3 Å². The van der Waals surface area contributed by atoms with Gasteiger partial charge in [-0.2, -0.15) is 9.97 Å². The van der Waals surface area contributed by atoms with Gasteiger partial charge in [-0.25, -0.2) is 0 Å². The van der Waals surface area contributed by atoms with E-state index >= 15 is 0 Å². The van der Waals surface area contributed by atoms with Crippen LogP contribution < -0.4 is 15.4 Å². The first-order valence-electron chi connectivity index (χ1n) is 11.7. The standard InChI is InChI=1S/C24H31Cl2N5O4/c1-14-21(29-24(34-3)30-22(14)28-16-4-5-17(25)18(26)12-16)23(32)31-9-6-15(7-10-31)27-19-8-11-35-13-20(19)33-2/h4-5,12,15,19-20,27H,6-11,13H2,1-3H3,(H,28,29,30). The van der Waals surface area contributed by atoms with Crippen molar-refractivity contribution in [2.24, 2.45) is 0 Å². The summed E-state index contributed by atoms with van der Waals surface area (Å²) in [7, 11) is 3.20. The molecule has 2 atom stereocenters. The first-order chi connectivity index (χ1) is 16.9. The number of hydrogen-bond acceptors (Lipinski definition) is 8. The molecule has 0 aliphatic carbocycles. The Morgan fingerprint density at radius 1 is 1.14 bits per heavy atom. The summed E-state index contributed by atoms with van der Waals surface area (Å²) in [6, 6.07) is 5.89. The predicted molar refractivity (Wildman–Crippen MR) is 135 cm³/mol. The number of likely N-dealkylation sites (tertiary alicyclic amines) is 1. The van der Waals surface area contributed by atoms with Gasteiger partial charge in [-0.15, -0.1) is 0 Å². The van der Waals surface area contributed by atoms with Gasteiger partial charge in [0.1, 0.15) is 11.5 Å². The summed E-state index contributed by atoms with van der Waals surface area (Å²) in [5.74, 6) is 0.333. The molecule has 2 aromatic rings. The van der Waals surface area contributed by atoms with Crippen LogP contribution in [0.3, 0.4) is 0 Å². The average molecular weight is 524 g/mol. The van der Waals surface area contributed by atoms with Crippen molar-refractivity contribution in [2.75, 3.05) is 45.8 Å². The van der Waals surface area contributed by atoms with Crippen LogP contribution in [0, 0.1) is 6.92 Å². The minimum atomic E-state index is -0.139. The summed E-state index contributed by atoms with van der Waals surface area (Å²) < 4.78 is 16.4. The number of carbonyl (C=O) groups excluding carboxylic acids is 1. The second-order valence-electron chi connectivity index (χ2n) is 8.76. The highest BCUT2D eigenvalue weighted by molar-refractivity contribution is 6.42. The first-order valence-corrected chi connectivity index (χ1v) is 12.5. The molecule has 2 aliphatic heterocycles. The topological polar surface area (TPSA) is 97.8 Å². The number of carbonyl (C=O) groups is 1. The number of aromatic nitrogens is 2. The molecule has 4 rings (SSSR count). The van der Waals surface area contributed by atoms with E-state index in [2.05, 4.69) is 20.6 Å². The molecule has 3 heterocycles. The van der Waals surface area contributed by atoms with Crippen molar-refractivity contribution in [3.63, 3.8) is 0 Å². The molecule has 9 nitrogen and oxygen atoms in total. The van der Waals surface area contributed by atoms with E-state index in [0.717, 1.165) is 25.9 Å². The van der Waals surface area contributed by atoms with Gasteiger partial charge in [-0.05, 0) is 44.4 Å². The number of piperidine rings is 1. The van der Waals surface area contributed by atoms with Gasteiger partial charge < -0.3 is 29.7 Å². The zero-order valence-corrected chi connectivity index (χ0v) is 21.7. The van der Waals surface area contributed by atoms with Crippen LogP contribution in [0.25, 0.3) is 0 Å². The second kappa shape index (κ2) is 11.7. The van der Waals surface area contributed by atoms with Gasteiger partial charge in [-0.3, -0.25) is 4.79 Å². The lowest BCUT2D eigenvalue weighted by Gasteiger charge is -2.38. The van der Waals surface area contributed by atoms with Crippen LogP contribution in [0.1, 0.15) is 35.3 Å². The third kappa shape index (κ3) is 6.16. The Bertz CT molecular complexity index is 1050. The van der Waals surface area contributed by atoms with Crippen molar-refractivity contribution in [3.05, 3.63) is 39.5 Å². The molecular weight excluding hydrogens is 493 g/mol. The maximum Gasteiger partial charge on any atom is 0.318 e. The van der Waals surface area contributed by atoms with E-state index in [-0.39, 0.29) is 24.1 Å². The fourth-order valence-electron chi connectivity index (χ4n) is 4.46. The molecule has 0 spiro atoms. The van der Waals surface area contributed by atoms with Crippen molar-refractivity contribution >= 4 is 40.6 Å². The number of ether oxygens (including phenoxy) is 3. The van der Waals surface area contributed by atoms with Crippen LogP contribution in [0.2, 0.25) is 10.0 Å². The molecule has 0 bridgehead atoms. The SMILES string of the molecule is COc1nc(Nc2ccc(Cl)c(Cl)c2)c(C)c(C(=O)N2CCC(NC3CCOCC3OC)CC2)n1. The molecule has 1 amide bonds. The molecule has 0 radical (unpaired) electrons. The monoisotopic (exact) mass is 523 g/mol. The number of amides is 1. The largest absolute Gasteiger partial charge is 0.467 e. The van der Waals surface area contributed by atoms with E-state index in [1.807, 2.05) is 11.8 Å². The van der Waals surface area contributed by atoms with E-state index in [1.165, 1.54) is 7.11 Å². The van der Waals surface area contributed by atoms with Crippen molar-refractivity contribution in [2.45, 2.75) is 44.4 Å². The van der Waals surface area contributed by atoms with Crippen molar-refractivity contribution in [3.8, 4) is 6.01 Å². The molecule has 11 heteroatoms. The van der Waals surface area contributed by atoms with Crippen molar-refractivity contribution in [1.29, 1.82) is 0 Å². The van der Waals surface area contributed by atoms with Gasteiger partial charge in [0.05, 0.1) is 29.9 Å². The molecule has 2 fully saturated rings.